The summed E-state index contributed by atoms with van der Waals surface area (Å²) in [5.74, 6) is 2.55. The van der Waals surface area contributed by atoms with Gasteiger partial charge in [0.05, 0.1) is 12.0 Å². The van der Waals surface area contributed by atoms with Gasteiger partial charge in [-0.1, -0.05) is 30.3 Å². The lowest BCUT2D eigenvalue weighted by molar-refractivity contribution is 0.226. The molecule has 3 aromatic rings. The lowest BCUT2D eigenvalue weighted by Gasteiger charge is -2.22. The van der Waals surface area contributed by atoms with Crippen molar-refractivity contribution in [2.45, 2.75) is 19.4 Å². The zero-order valence-electron chi connectivity index (χ0n) is 15.2. The summed E-state index contributed by atoms with van der Waals surface area (Å²) in [7, 11) is 0. The van der Waals surface area contributed by atoms with Crippen LogP contribution in [0.5, 0.6) is 0 Å². The number of nitrogens with zero attached hydrogens (tertiary/aromatic N) is 2. The molecular formula is C21H24N4O2. The Labute approximate surface area is 158 Å². The molecule has 0 radical (unpaired) electrons. The van der Waals surface area contributed by atoms with Crippen molar-refractivity contribution >= 4 is 5.82 Å². The van der Waals surface area contributed by atoms with Crippen LogP contribution >= 0.6 is 0 Å². The van der Waals surface area contributed by atoms with E-state index in [0.29, 0.717) is 13.0 Å². The lowest BCUT2D eigenvalue weighted by Crippen LogP contribution is -2.28. The molecule has 1 aromatic carbocycles. The molecule has 1 atom stereocenters. The van der Waals surface area contributed by atoms with Crippen molar-refractivity contribution in [1.82, 2.24) is 15.3 Å². The fourth-order valence-electron chi connectivity index (χ4n) is 3.38. The quantitative estimate of drug-likeness (QED) is 0.598. The molecule has 3 heterocycles. The number of anilines is 1. The second kappa shape index (κ2) is 8.33. The maximum Gasteiger partial charge on any atom is 0.161 e. The Hall–Kier alpha value is -2.70. The predicted molar refractivity (Wildman–Crippen MR) is 104 cm³/mol. The molecule has 0 saturated carbocycles. The summed E-state index contributed by atoms with van der Waals surface area (Å²) in [5, 5.41) is 16.6. The Morgan fingerprint density at radius 1 is 1.15 bits per heavy atom. The summed E-state index contributed by atoms with van der Waals surface area (Å²) < 4.78 is 5.41. The van der Waals surface area contributed by atoms with Crippen molar-refractivity contribution in [3.05, 3.63) is 65.7 Å². The van der Waals surface area contributed by atoms with Crippen LogP contribution in [0.2, 0.25) is 0 Å². The van der Waals surface area contributed by atoms with Crippen molar-refractivity contribution in [3.63, 3.8) is 0 Å². The highest BCUT2D eigenvalue weighted by Gasteiger charge is 2.19. The minimum Gasteiger partial charge on any atom is -0.469 e. The third-order valence-electron chi connectivity index (χ3n) is 4.86. The Balaban J connectivity index is 1.57. The molecule has 0 saturated heterocycles. The number of rotatable bonds is 7. The first-order valence-corrected chi connectivity index (χ1v) is 9.36. The molecule has 1 aliphatic rings. The fraction of sp³-hybridized carbons (Fsp3) is 0.333. The molecule has 3 N–H and O–H groups in total. The summed E-state index contributed by atoms with van der Waals surface area (Å²) >= 11 is 0. The Morgan fingerprint density at radius 3 is 2.81 bits per heavy atom. The average Bonchev–Trinajstić information content (AvgIpc) is 3.24. The summed E-state index contributed by atoms with van der Waals surface area (Å²) in [6, 6.07) is 13.8. The van der Waals surface area contributed by atoms with E-state index >= 15 is 0 Å². The van der Waals surface area contributed by atoms with E-state index in [1.54, 1.807) is 6.26 Å². The van der Waals surface area contributed by atoms with Crippen LogP contribution in [0.3, 0.4) is 0 Å². The number of fused-ring (bicyclic) bond motifs is 1. The van der Waals surface area contributed by atoms with E-state index in [4.69, 9.17) is 14.4 Å². The number of furan rings is 1. The molecule has 0 fully saturated rings. The number of aliphatic hydroxyl groups is 1. The first kappa shape index (κ1) is 17.7. The lowest BCUT2D eigenvalue weighted by atomic mass is 10.0. The van der Waals surface area contributed by atoms with Gasteiger partial charge in [0.2, 0.25) is 0 Å². The minimum atomic E-state index is 0.0589. The number of benzene rings is 1. The number of aliphatic hydroxyl groups excluding tert-OH is 1. The molecule has 4 rings (SSSR count). The van der Waals surface area contributed by atoms with Crippen molar-refractivity contribution in [2.75, 3.05) is 25.0 Å². The number of hydrogen-bond acceptors (Lipinski definition) is 6. The molecule has 0 amide bonds. The summed E-state index contributed by atoms with van der Waals surface area (Å²) in [5.41, 5.74) is 3.22. The topological polar surface area (TPSA) is 83.2 Å². The first-order valence-electron chi connectivity index (χ1n) is 9.36. The molecule has 27 heavy (non-hydrogen) atoms. The predicted octanol–water partition coefficient (Wildman–Crippen LogP) is 2.65. The Bertz CT molecular complexity index is 865. The molecule has 1 aliphatic heterocycles. The van der Waals surface area contributed by atoms with Gasteiger partial charge in [-0.3, -0.25) is 0 Å². The van der Waals surface area contributed by atoms with Crippen LogP contribution < -0.4 is 10.6 Å². The Morgan fingerprint density at radius 2 is 2.04 bits per heavy atom. The van der Waals surface area contributed by atoms with Crippen molar-refractivity contribution in [3.8, 4) is 11.4 Å². The van der Waals surface area contributed by atoms with Crippen LogP contribution in [0, 0.1) is 5.92 Å². The molecule has 140 valence electrons. The van der Waals surface area contributed by atoms with Crippen LogP contribution in [-0.4, -0.2) is 34.8 Å². The SMILES string of the molecule is OCC(CNc1nc(-c2ccccc2)nc2c1CCNC2)Cc1ccco1. The van der Waals surface area contributed by atoms with Crippen molar-refractivity contribution in [2.24, 2.45) is 5.92 Å². The number of nitrogens with one attached hydrogen (secondary N) is 2. The third-order valence-corrected chi connectivity index (χ3v) is 4.86. The normalized spacial score (nSPS) is 14.6. The molecule has 2 aromatic heterocycles. The van der Waals surface area contributed by atoms with Crippen LogP contribution in [0.1, 0.15) is 17.0 Å². The summed E-state index contributed by atoms with van der Waals surface area (Å²) in [4.78, 5) is 9.58. The minimum absolute atomic E-state index is 0.0589. The smallest absolute Gasteiger partial charge is 0.161 e. The fourth-order valence-corrected chi connectivity index (χ4v) is 3.38. The second-order valence-electron chi connectivity index (χ2n) is 6.83. The number of aromatic nitrogens is 2. The molecular weight excluding hydrogens is 340 g/mol. The van der Waals surface area contributed by atoms with Gasteiger partial charge in [-0.15, -0.1) is 0 Å². The molecule has 6 nitrogen and oxygen atoms in total. The van der Waals surface area contributed by atoms with Gasteiger partial charge in [-0.2, -0.15) is 0 Å². The zero-order valence-corrected chi connectivity index (χ0v) is 15.2. The largest absolute Gasteiger partial charge is 0.469 e. The first-order chi connectivity index (χ1) is 13.3. The van der Waals surface area contributed by atoms with Gasteiger partial charge in [0.15, 0.2) is 5.82 Å². The van der Waals surface area contributed by atoms with Crippen molar-refractivity contribution < 1.29 is 9.52 Å². The highest BCUT2D eigenvalue weighted by Crippen LogP contribution is 2.25. The summed E-state index contributed by atoms with van der Waals surface area (Å²) in [6.07, 6.45) is 3.25. The third kappa shape index (κ3) is 4.18. The molecule has 0 aliphatic carbocycles. The van der Waals surface area contributed by atoms with Gasteiger partial charge in [0, 0.05) is 43.2 Å². The van der Waals surface area contributed by atoms with Crippen LogP contribution in [0.4, 0.5) is 5.82 Å². The Kier molecular flexibility index (Phi) is 5.46. The standard InChI is InChI=1S/C21H24N4O2/c26-14-15(11-17-7-4-10-27-17)12-23-21-18-8-9-22-13-19(18)24-20(25-21)16-5-2-1-3-6-16/h1-7,10,15,22,26H,8-9,11-14H2,(H,23,24,25). The summed E-state index contributed by atoms with van der Waals surface area (Å²) in [6.45, 7) is 2.39. The maximum absolute atomic E-state index is 9.75. The van der Waals surface area contributed by atoms with Crippen LogP contribution in [-0.2, 0) is 19.4 Å². The van der Waals surface area contributed by atoms with E-state index < -0.39 is 0 Å². The van der Waals surface area contributed by atoms with Gasteiger partial charge in [-0.05, 0) is 25.1 Å². The van der Waals surface area contributed by atoms with Crippen LogP contribution in [0.25, 0.3) is 11.4 Å². The van der Waals surface area contributed by atoms with E-state index in [9.17, 15) is 5.11 Å². The monoisotopic (exact) mass is 364 g/mol. The average molecular weight is 364 g/mol. The molecule has 1 unspecified atom stereocenters. The highest BCUT2D eigenvalue weighted by atomic mass is 16.3. The van der Waals surface area contributed by atoms with E-state index in [1.165, 1.54) is 5.56 Å². The van der Waals surface area contributed by atoms with E-state index in [0.717, 1.165) is 48.2 Å². The van der Waals surface area contributed by atoms with E-state index in [2.05, 4.69) is 10.6 Å². The second-order valence-corrected chi connectivity index (χ2v) is 6.83. The van der Waals surface area contributed by atoms with Gasteiger partial charge < -0.3 is 20.2 Å². The van der Waals surface area contributed by atoms with Gasteiger partial charge in [0.1, 0.15) is 11.6 Å². The molecule has 0 bridgehead atoms. The van der Waals surface area contributed by atoms with Gasteiger partial charge >= 0.3 is 0 Å². The van der Waals surface area contributed by atoms with Crippen molar-refractivity contribution in [1.29, 1.82) is 0 Å². The van der Waals surface area contributed by atoms with Crippen LogP contribution in [0.15, 0.2) is 53.1 Å². The van der Waals surface area contributed by atoms with Gasteiger partial charge in [-0.25, -0.2) is 9.97 Å². The highest BCUT2D eigenvalue weighted by molar-refractivity contribution is 5.60. The van der Waals surface area contributed by atoms with E-state index in [-0.39, 0.29) is 12.5 Å². The molecule has 6 heteroatoms. The van der Waals surface area contributed by atoms with Gasteiger partial charge in [0.25, 0.3) is 0 Å². The number of hydrogen-bond donors (Lipinski definition) is 3. The molecule has 0 spiro atoms. The van der Waals surface area contributed by atoms with E-state index in [1.807, 2.05) is 42.5 Å². The zero-order chi connectivity index (χ0) is 18.5. The maximum atomic E-state index is 9.75.